The van der Waals surface area contributed by atoms with E-state index in [4.69, 9.17) is 5.84 Å². The average Bonchev–Trinajstić information content (AvgIpc) is 3.08. The monoisotopic (exact) mass is 259 g/mol. The van der Waals surface area contributed by atoms with Crippen LogP contribution in [0.15, 0.2) is 18.3 Å². The van der Waals surface area contributed by atoms with E-state index in [1.165, 1.54) is 49.8 Å². The Kier molecular flexibility index (Phi) is 3.59. The molecule has 2 unspecified atom stereocenters. The van der Waals surface area contributed by atoms with Crippen molar-refractivity contribution < 1.29 is 0 Å². The zero-order valence-electron chi connectivity index (χ0n) is 11.9. The normalized spacial score (nSPS) is 26.3. The maximum absolute atomic E-state index is 5.97. The fourth-order valence-electron chi connectivity index (χ4n) is 4.45. The Bertz CT molecular complexity index is 437. The molecule has 0 aromatic carbocycles. The standard InChI is InChI=1S/C16H25N3/c1-2-16(9-3-4-10-16)15(19-17)13-8-7-12-6-5-11-18-14(12)13/h5-6,11,13,15,19H,2-4,7-10,17H2,1H3. The second kappa shape index (κ2) is 5.22. The van der Waals surface area contributed by atoms with Crippen molar-refractivity contribution in [2.75, 3.05) is 0 Å². The Morgan fingerprint density at radius 1 is 1.47 bits per heavy atom. The second-order valence-electron chi connectivity index (χ2n) is 6.26. The molecule has 0 radical (unpaired) electrons. The lowest BCUT2D eigenvalue weighted by molar-refractivity contribution is 0.159. The summed E-state index contributed by atoms with van der Waals surface area (Å²) >= 11 is 0. The minimum atomic E-state index is 0.385. The number of pyridine rings is 1. The number of rotatable bonds is 4. The number of fused-ring (bicyclic) bond motifs is 1. The van der Waals surface area contributed by atoms with E-state index < -0.39 is 0 Å². The van der Waals surface area contributed by atoms with E-state index in [2.05, 4.69) is 29.5 Å². The molecule has 3 heteroatoms. The van der Waals surface area contributed by atoms with Crippen LogP contribution in [0.4, 0.5) is 0 Å². The summed E-state index contributed by atoms with van der Waals surface area (Å²) in [5.41, 5.74) is 6.29. The van der Waals surface area contributed by atoms with Crippen molar-refractivity contribution in [2.45, 2.75) is 63.8 Å². The zero-order chi connectivity index (χ0) is 13.3. The summed E-state index contributed by atoms with van der Waals surface area (Å²) in [6.07, 6.45) is 10.9. The molecule has 1 aromatic rings. The average molecular weight is 259 g/mol. The second-order valence-corrected chi connectivity index (χ2v) is 6.26. The molecule has 104 valence electrons. The summed E-state index contributed by atoms with van der Waals surface area (Å²) in [4.78, 5) is 4.65. The molecule has 1 aromatic heterocycles. The number of hydrogen-bond acceptors (Lipinski definition) is 3. The van der Waals surface area contributed by atoms with Gasteiger partial charge in [-0.3, -0.25) is 16.3 Å². The van der Waals surface area contributed by atoms with E-state index in [9.17, 15) is 0 Å². The van der Waals surface area contributed by atoms with Gasteiger partial charge in [0.2, 0.25) is 0 Å². The molecule has 0 bridgehead atoms. The third-order valence-electron chi connectivity index (χ3n) is 5.55. The van der Waals surface area contributed by atoms with Gasteiger partial charge in [0.05, 0.1) is 0 Å². The van der Waals surface area contributed by atoms with Gasteiger partial charge >= 0.3 is 0 Å². The van der Waals surface area contributed by atoms with Crippen LogP contribution in [0.3, 0.4) is 0 Å². The van der Waals surface area contributed by atoms with Gasteiger partial charge in [-0.25, -0.2) is 0 Å². The van der Waals surface area contributed by atoms with Gasteiger partial charge in [-0.2, -0.15) is 0 Å². The lowest BCUT2D eigenvalue weighted by Gasteiger charge is -2.40. The minimum Gasteiger partial charge on any atom is -0.271 e. The van der Waals surface area contributed by atoms with Gasteiger partial charge in [0.1, 0.15) is 0 Å². The summed E-state index contributed by atoms with van der Waals surface area (Å²) in [6.45, 7) is 2.32. The van der Waals surface area contributed by atoms with Crippen LogP contribution in [0.1, 0.15) is 62.6 Å². The Labute approximate surface area is 116 Å². The fourth-order valence-corrected chi connectivity index (χ4v) is 4.45. The van der Waals surface area contributed by atoms with E-state index in [0.717, 1.165) is 6.42 Å². The molecule has 1 heterocycles. The molecule has 0 amide bonds. The van der Waals surface area contributed by atoms with E-state index in [-0.39, 0.29) is 0 Å². The molecule has 3 rings (SSSR count). The van der Waals surface area contributed by atoms with Crippen LogP contribution >= 0.6 is 0 Å². The molecule has 0 spiro atoms. The number of nitrogens with two attached hydrogens (primary N) is 1. The summed E-state index contributed by atoms with van der Waals surface area (Å²) in [5.74, 6) is 6.47. The van der Waals surface area contributed by atoms with Crippen LogP contribution in [0.5, 0.6) is 0 Å². The van der Waals surface area contributed by atoms with Crippen molar-refractivity contribution in [1.29, 1.82) is 0 Å². The molecule has 2 atom stereocenters. The van der Waals surface area contributed by atoms with Gasteiger partial charge in [0.15, 0.2) is 0 Å². The van der Waals surface area contributed by atoms with Crippen molar-refractivity contribution in [3.05, 3.63) is 29.6 Å². The lowest BCUT2D eigenvalue weighted by atomic mass is 9.70. The highest BCUT2D eigenvalue weighted by Crippen LogP contribution is 2.50. The van der Waals surface area contributed by atoms with Crippen LogP contribution < -0.4 is 11.3 Å². The molecule has 19 heavy (non-hydrogen) atoms. The SMILES string of the molecule is CCC1(C(NN)C2CCc3cccnc32)CCCC1. The molecule has 2 aliphatic carbocycles. The van der Waals surface area contributed by atoms with Gasteiger partial charge in [-0.15, -0.1) is 0 Å². The van der Waals surface area contributed by atoms with Gasteiger partial charge < -0.3 is 0 Å². The van der Waals surface area contributed by atoms with Crippen molar-refractivity contribution in [3.63, 3.8) is 0 Å². The predicted octanol–water partition coefficient (Wildman–Crippen LogP) is 2.91. The molecule has 3 N–H and O–H groups in total. The van der Waals surface area contributed by atoms with Crippen LogP contribution in [-0.4, -0.2) is 11.0 Å². The Morgan fingerprint density at radius 2 is 2.26 bits per heavy atom. The van der Waals surface area contributed by atoms with Crippen molar-refractivity contribution >= 4 is 0 Å². The maximum Gasteiger partial charge on any atom is 0.0482 e. The van der Waals surface area contributed by atoms with Gasteiger partial charge in [0.25, 0.3) is 0 Å². The molecule has 1 saturated carbocycles. The van der Waals surface area contributed by atoms with E-state index in [1.807, 2.05) is 6.20 Å². The Morgan fingerprint density at radius 3 is 2.95 bits per heavy atom. The first-order chi connectivity index (χ1) is 9.30. The lowest BCUT2D eigenvalue weighted by Crippen LogP contribution is -2.50. The highest BCUT2D eigenvalue weighted by atomic mass is 15.2. The third kappa shape index (κ3) is 2.09. The smallest absolute Gasteiger partial charge is 0.0482 e. The molecule has 0 aliphatic heterocycles. The molecular weight excluding hydrogens is 234 g/mol. The van der Waals surface area contributed by atoms with Crippen LogP contribution in [-0.2, 0) is 6.42 Å². The first-order valence-corrected chi connectivity index (χ1v) is 7.70. The summed E-state index contributed by atoms with van der Waals surface area (Å²) in [5, 5.41) is 0. The topological polar surface area (TPSA) is 50.9 Å². The zero-order valence-corrected chi connectivity index (χ0v) is 11.9. The largest absolute Gasteiger partial charge is 0.271 e. The quantitative estimate of drug-likeness (QED) is 0.645. The Hall–Kier alpha value is -0.930. The molecule has 2 aliphatic rings. The molecule has 3 nitrogen and oxygen atoms in total. The van der Waals surface area contributed by atoms with Crippen LogP contribution in [0, 0.1) is 5.41 Å². The van der Waals surface area contributed by atoms with Crippen LogP contribution in [0.2, 0.25) is 0 Å². The first-order valence-electron chi connectivity index (χ1n) is 7.70. The molecule has 0 saturated heterocycles. The number of aromatic nitrogens is 1. The number of nitrogens with one attached hydrogen (secondary N) is 1. The predicted molar refractivity (Wildman–Crippen MR) is 77.6 cm³/mol. The van der Waals surface area contributed by atoms with Crippen LogP contribution in [0.25, 0.3) is 0 Å². The highest BCUT2D eigenvalue weighted by molar-refractivity contribution is 5.30. The summed E-state index contributed by atoms with van der Waals surface area (Å²) in [6, 6.07) is 4.66. The van der Waals surface area contributed by atoms with E-state index >= 15 is 0 Å². The number of hydrogen-bond donors (Lipinski definition) is 2. The number of nitrogens with zero attached hydrogens (tertiary/aromatic N) is 1. The summed E-state index contributed by atoms with van der Waals surface area (Å²) < 4.78 is 0. The van der Waals surface area contributed by atoms with Crippen molar-refractivity contribution in [1.82, 2.24) is 10.4 Å². The van der Waals surface area contributed by atoms with Gasteiger partial charge in [-0.05, 0) is 49.1 Å². The Balaban J connectivity index is 1.91. The molecule has 1 fully saturated rings. The van der Waals surface area contributed by atoms with Crippen molar-refractivity contribution in [2.24, 2.45) is 11.3 Å². The third-order valence-corrected chi connectivity index (χ3v) is 5.55. The highest BCUT2D eigenvalue weighted by Gasteiger charge is 2.45. The van der Waals surface area contributed by atoms with Crippen molar-refractivity contribution in [3.8, 4) is 0 Å². The minimum absolute atomic E-state index is 0.385. The number of aryl methyl sites for hydroxylation is 1. The first kappa shape index (κ1) is 13.1. The van der Waals surface area contributed by atoms with Gasteiger partial charge in [-0.1, -0.05) is 25.8 Å². The number of hydrazine groups is 1. The van der Waals surface area contributed by atoms with Gasteiger partial charge in [0, 0.05) is 23.9 Å². The summed E-state index contributed by atoms with van der Waals surface area (Å²) in [7, 11) is 0. The fraction of sp³-hybridized carbons (Fsp3) is 0.688. The maximum atomic E-state index is 5.97. The van der Waals surface area contributed by atoms with E-state index in [1.54, 1.807) is 0 Å². The molecular formula is C16H25N3. The van der Waals surface area contributed by atoms with E-state index in [0.29, 0.717) is 17.4 Å².